The molecule has 51 heavy (non-hydrogen) atoms. The van der Waals surface area contributed by atoms with Gasteiger partial charge in [0.15, 0.2) is 5.71 Å². The Kier molecular flexibility index (Phi) is 9.36. The van der Waals surface area contributed by atoms with E-state index >= 15 is 0 Å². The normalized spacial score (nSPS) is 21.2. The molecule has 3 aromatic rings. The second-order valence-corrected chi connectivity index (χ2v) is 17.5. The Labute approximate surface area is 310 Å². The van der Waals surface area contributed by atoms with E-state index in [9.17, 15) is 0 Å². The molecule has 0 N–H and O–H groups in total. The summed E-state index contributed by atoms with van der Waals surface area (Å²) in [5.74, 6) is 0.573. The number of anilines is 1. The lowest BCUT2D eigenvalue weighted by Crippen LogP contribution is -2.27. The summed E-state index contributed by atoms with van der Waals surface area (Å²) in [6.07, 6.45) is 13.0. The maximum Gasteiger partial charge on any atom is 0.213 e. The van der Waals surface area contributed by atoms with Crippen LogP contribution >= 0.6 is 0 Å². The van der Waals surface area contributed by atoms with Crippen LogP contribution in [-0.4, -0.2) is 24.4 Å². The molecule has 0 radical (unpaired) electrons. The third-order valence-electron chi connectivity index (χ3n) is 13.5. The van der Waals surface area contributed by atoms with Gasteiger partial charge in [0, 0.05) is 41.1 Å². The number of likely N-dealkylation sites (N-methyl/N-ethyl adjacent to an activating group) is 1. The van der Waals surface area contributed by atoms with Gasteiger partial charge >= 0.3 is 0 Å². The number of fused-ring (bicyclic) bond motifs is 2. The van der Waals surface area contributed by atoms with Crippen molar-refractivity contribution in [2.45, 2.75) is 127 Å². The first kappa shape index (κ1) is 36.9. The molecule has 1 atom stereocenters. The fourth-order valence-corrected chi connectivity index (χ4v) is 10.0. The summed E-state index contributed by atoms with van der Waals surface area (Å²) in [5, 5.41) is 0. The van der Waals surface area contributed by atoms with E-state index in [1.165, 1.54) is 106 Å². The van der Waals surface area contributed by atoms with Gasteiger partial charge in [-0.15, -0.1) is 0 Å². The zero-order chi connectivity index (χ0) is 37.5. The second-order valence-electron chi connectivity index (χ2n) is 17.5. The molecular weight excluding hydrogens is 617 g/mol. The van der Waals surface area contributed by atoms with E-state index < -0.39 is 0 Å². The number of nitrogens with zero attached hydrogens (tertiary/aromatic N) is 2. The van der Waals surface area contributed by atoms with Crippen molar-refractivity contribution in [3.63, 3.8) is 0 Å². The third-order valence-corrected chi connectivity index (χ3v) is 13.5. The van der Waals surface area contributed by atoms with Crippen molar-refractivity contribution in [3.05, 3.63) is 138 Å². The summed E-state index contributed by atoms with van der Waals surface area (Å²) >= 11 is 0. The summed E-state index contributed by atoms with van der Waals surface area (Å²) in [4.78, 5) is 2.48. The third kappa shape index (κ3) is 5.82. The first-order valence-corrected chi connectivity index (χ1v) is 19.2. The lowest BCUT2D eigenvalue weighted by Gasteiger charge is -2.28. The minimum absolute atomic E-state index is 0.0739. The quantitative estimate of drug-likeness (QED) is 0.243. The van der Waals surface area contributed by atoms with Crippen molar-refractivity contribution in [1.82, 2.24) is 0 Å². The molecule has 0 saturated carbocycles. The molecule has 0 fully saturated rings. The van der Waals surface area contributed by atoms with Crippen LogP contribution in [0.2, 0.25) is 0 Å². The Balaban J connectivity index is 1.49. The molecule has 1 unspecified atom stereocenters. The van der Waals surface area contributed by atoms with E-state index in [1.807, 2.05) is 0 Å². The van der Waals surface area contributed by atoms with E-state index in [0.29, 0.717) is 5.92 Å². The fraction of sp³-hybridized carbons (Fsp3) is 0.449. The van der Waals surface area contributed by atoms with Crippen molar-refractivity contribution in [3.8, 4) is 0 Å². The van der Waals surface area contributed by atoms with E-state index in [1.54, 1.807) is 0 Å². The Morgan fingerprint density at radius 2 is 1.25 bits per heavy atom. The topological polar surface area (TPSA) is 6.25 Å². The van der Waals surface area contributed by atoms with Gasteiger partial charge in [-0.1, -0.05) is 62.8 Å². The molecule has 0 bridgehead atoms. The van der Waals surface area contributed by atoms with Crippen molar-refractivity contribution in [2.24, 2.45) is 5.92 Å². The summed E-state index contributed by atoms with van der Waals surface area (Å²) in [7, 11) is 4.56. The van der Waals surface area contributed by atoms with Crippen molar-refractivity contribution in [1.29, 1.82) is 0 Å². The van der Waals surface area contributed by atoms with Gasteiger partial charge in [-0.05, 0) is 174 Å². The minimum atomic E-state index is -0.0739. The molecule has 3 aromatic carbocycles. The van der Waals surface area contributed by atoms with Gasteiger partial charge < -0.3 is 4.90 Å². The highest BCUT2D eigenvalue weighted by atomic mass is 15.2. The number of hydrogen-bond donors (Lipinski definition) is 0. The Bertz CT molecular complexity index is 2120. The van der Waals surface area contributed by atoms with Crippen LogP contribution in [0.5, 0.6) is 0 Å². The molecule has 2 heterocycles. The van der Waals surface area contributed by atoms with Gasteiger partial charge in [0.05, 0.1) is 5.41 Å². The highest BCUT2D eigenvalue weighted by Crippen LogP contribution is 2.52. The number of aryl methyl sites for hydroxylation is 1. The molecule has 0 aromatic heterocycles. The lowest BCUT2D eigenvalue weighted by molar-refractivity contribution is -0.402. The van der Waals surface area contributed by atoms with Gasteiger partial charge in [0.25, 0.3) is 0 Å². The predicted molar refractivity (Wildman–Crippen MR) is 222 cm³/mol. The molecule has 0 spiro atoms. The average Bonchev–Trinajstić information content (AvgIpc) is 3.40. The largest absolute Gasteiger partial charge is 0.347 e. The number of rotatable bonds is 5. The van der Waals surface area contributed by atoms with Crippen LogP contribution in [-0.2, 0) is 17.3 Å². The highest BCUT2D eigenvalue weighted by Gasteiger charge is 2.46. The fourth-order valence-electron chi connectivity index (χ4n) is 10.0. The smallest absolute Gasteiger partial charge is 0.213 e. The van der Waals surface area contributed by atoms with E-state index in [-0.39, 0.29) is 10.8 Å². The monoisotopic (exact) mass is 679 g/mol. The van der Waals surface area contributed by atoms with Gasteiger partial charge in [-0.2, -0.15) is 4.58 Å². The Hall–Kier alpha value is -3.91. The van der Waals surface area contributed by atoms with E-state index in [2.05, 4.69) is 169 Å². The molecule has 0 saturated heterocycles. The van der Waals surface area contributed by atoms with Gasteiger partial charge in [0.2, 0.25) is 5.69 Å². The first-order chi connectivity index (χ1) is 23.8. The maximum absolute atomic E-state index is 2.49. The summed E-state index contributed by atoms with van der Waals surface area (Å²) < 4.78 is 2.48. The van der Waals surface area contributed by atoms with Gasteiger partial charge in [-0.25, -0.2) is 0 Å². The zero-order valence-electron chi connectivity index (χ0n) is 34.7. The zero-order valence-corrected chi connectivity index (χ0v) is 34.7. The van der Waals surface area contributed by atoms with Crippen LogP contribution in [0.25, 0.3) is 0 Å². The van der Waals surface area contributed by atoms with Gasteiger partial charge in [-0.3, -0.25) is 0 Å². The summed E-state index contributed by atoms with van der Waals surface area (Å²) in [5.41, 5.74) is 26.9. The first-order valence-electron chi connectivity index (χ1n) is 19.2. The molecule has 2 heteroatoms. The molecule has 3 aliphatic rings. The van der Waals surface area contributed by atoms with E-state index in [0.717, 1.165) is 19.3 Å². The van der Waals surface area contributed by atoms with Crippen LogP contribution in [0, 0.1) is 68.2 Å². The molecule has 6 rings (SSSR count). The molecule has 268 valence electrons. The standard InChI is InChI=1S/C49H63N2/c1-28-17-19-38(20-18-28)27-41-39(21-23-42-48(11,12)44-34(7)30(3)32(5)36(9)46(44)50(42)15)25-29(2)26-40(41)22-24-43-49(13,14)45-35(8)31(4)33(6)37(10)47(45)51(43)16/h17-24,29H,25-27H2,1-16H3/q+1. The number of hydrogen-bond acceptors (Lipinski definition) is 1. The number of benzene rings is 3. The predicted octanol–water partition coefficient (Wildman–Crippen LogP) is 12.2. The van der Waals surface area contributed by atoms with Crippen LogP contribution in [0.15, 0.2) is 71.0 Å². The molecule has 1 aliphatic carbocycles. The van der Waals surface area contributed by atoms with E-state index in [4.69, 9.17) is 0 Å². The maximum atomic E-state index is 2.49. The molecular formula is C49H63N2+. The van der Waals surface area contributed by atoms with Gasteiger partial charge in [0.1, 0.15) is 7.05 Å². The molecule has 2 nitrogen and oxygen atoms in total. The van der Waals surface area contributed by atoms with Crippen LogP contribution in [0.3, 0.4) is 0 Å². The summed E-state index contributed by atoms with van der Waals surface area (Å²) in [6.45, 7) is 32.7. The van der Waals surface area contributed by atoms with Crippen molar-refractivity contribution >= 4 is 17.1 Å². The Morgan fingerprint density at radius 1 is 0.686 bits per heavy atom. The Morgan fingerprint density at radius 3 is 1.88 bits per heavy atom. The minimum Gasteiger partial charge on any atom is -0.347 e. The van der Waals surface area contributed by atoms with Crippen LogP contribution < -0.4 is 4.90 Å². The second kappa shape index (κ2) is 12.9. The highest BCUT2D eigenvalue weighted by molar-refractivity contribution is 6.04. The lowest BCUT2D eigenvalue weighted by atomic mass is 9.75. The SMILES string of the molecule is Cc1ccc(CC2=C(/C=C/C3=[N+](C)c4c(C)c(C)c(C)c(C)c4C3(C)C)CC(C)C/C2=C\C=C2\N(C)c3c(C)c(C)c(C)c(C)c3C2(C)C)cc1. The van der Waals surface area contributed by atoms with Crippen molar-refractivity contribution in [2.75, 3.05) is 19.0 Å². The molecule has 0 amide bonds. The van der Waals surface area contributed by atoms with Crippen LogP contribution in [0.4, 0.5) is 11.4 Å². The number of allylic oxidation sites excluding steroid dienone is 8. The average molecular weight is 680 g/mol. The summed E-state index contributed by atoms with van der Waals surface area (Å²) in [6, 6.07) is 9.19. The molecule has 2 aliphatic heterocycles. The van der Waals surface area contributed by atoms with Crippen LogP contribution in [0.1, 0.15) is 114 Å². The van der Waals surface area contributed by atoms with Crippen molar-refractivity contribution < 1.29 is 4.58 Å².